The van der Waals surface area contributed by atoms with Crippen molar-refractivity contribution in [1.29, 1.82) is 0 Å². The molecule has 0 saturated carbocycles. The highest BCUT2D eigenvalue weighted by molar-refractivity contribution is 5.09. The molecular formula is C30H49NO. The van der Waals surface area contributed by atoms with Gasteiger partial charge in [-0.3, -0.25) is 0 Å². The summed E-state index contributed by atoms with van der Waals surface area (Å²) in [6.07, 6.45) is 25.1. The summed E-state index contributed by atoms with van der Waals surface area (Å²) in [5.41, 5.74) is 8.64. The van der Waals surface area contributed by atoms with Crippen molar-refractivity contribution in [3.8, 4) is 0 Å². The van der Waals surface area contributed by atoms with Gasteiger partial charge in [0.25, 0.3) is 0 Å². The average Bonchev–Trinajstić information content (AvgIpc) is 2.72. The molecule has 0 saturated heterocycles. The molecule has 2 heteroatoms. The van der Waals surface area contributed by atoms with Crippen molar-refractivity contribution in [2.45, 2.75) is 113 Å². The molecule has 0 aromatic heterocycles. The minimum Gasteiger partial charge on any atom is -0.150 e. The van der Waals surface area contributed by atoms with Crippen molar-refractivity contribution in [1.82, 2.24) is 0 Å². The van der Waals surface area contributed by atoms with E-state index in [1.165, 1.54) is 46.3 Å². The molecule has 0 aromatic carbocycles. The zero-order valence-corrected chi connectivity index (χ0v) is 22.1. The largest absolute Gasteiger partial charge is 0.150 e. The highest BCUT2D eigenvalue weighted by atomic mass is 16.3. The van der Waals surface area contributed by atoms with Crippen LogP contribution in [0.3, 0.4) is 0 Å². The monoisotopic (exact) mass is 439 g/mol. The third kappa shape index (κ3) is 20.0. The van der Waals surface area contributed by atoms with Crippen molar-refractivity contribution >= 4 is 0 Å². The van der Waals surface area contributed by atoms with E-state index in [1.54, 1.807) is 0 Å². The van der Waals surface area contributed by atoms with Gasteiger partial charge >= 0.3 is 0 Å². The summed E-state index contributed by atoms with van der Waals surface area (Å²) in [6, 6.07) is 0. The molecule has 0 aliphatic carbocycles. The number of hydrogen-bond donors (Lipinski definition) is 0. The van der Waals surface area contributed by atoms with E-state index in [4.69, 9.17) is 0 Å². The standard InChI is InChI=1S/C30H49NO/c1-25(2)13-8-14-26(3)15-9-16-27(4)17-10-18-28(5)19-11-20-29(6)21-12-22-30(7)23-24-31-32/h13,15,17,19,21,23H,8-12,14,16,18,20,22,24H2,1-7H3/b26-15+,27-17+,28-19+,29-21+,30-23+. The van der Waals surface area contributed by atoms with E-state index in [1.807, 2.05) is 6.08 Å². The topological polar surface area (TPSA) is 29.4 Å². The summed E-state index contributed by atoms with van der Waals surface area (Å²) in [7, 11) is 0. The Morgan fingerprint density at radius 1 is 0.469 bits per heavy atom. The molecule has 0 N–H and O–H groups in total. The van der Waals surface area contributed by atoms with Crippen LogP contribution in [-0.2, 0) is 0 Å². The highest BCUT2D eigenvalue weighted by Gasteiger charge is 1.95. The first-order valence-electron chi connectivity index (χ1n) is 12.4. The molecule has 0 amide bonds. The average molecular weight is 440 g/mol. The molecule has 0 heterocycles. The maximum Gasteiger partial charge on any atom is 0.0994 e. The minimum atomic E-state index is 0.293. The number of rotatable bonds is 17. The molecule has 0 aromatic rings. The lowest BCUT2D eigenvalue weighted by molar-refractivity contribution is 0.886. The second-order valence-corrected chi connectivity index (χ2v) is 9.54. The van der Waals surface area contributed by atoms with E-state index in [-0.39, 0.29) is 0 Å². The van der Waals surface area contributed by atoms with Crippen LogP contribution < -0.4 is 0 Å². The summed E-state index contributed by atoms with van der Waals surface area (Å²) >= 11 is 0. The molecule has 32 heavy (non-hydrogen) atoms. The fourth-order valence-electron chi connectivity index (χ4n) is 3.48. The predicted octanol–water partition coefficient (Wildman–Crippen LogP) is 10.4. The number of nitrogens with zero attached hydrogens (tertiary/aromatic N) is 1. The fourth-order valence-corrected chi connectivity index (χ4v) is 3.48. The molecular weight excluding hydrogens is 390 g/mol. The van der Waals surface area contributed by atoms with E-state index in [9.17, 15) is 4.91 Å². The van der Waals surface area contributed by atoms with E-state index >= 15 is 0 Å². The van der Waals surface area contributed by atoms with Crippen LogP contribution in [0.15, 0.2) is 75.1 Å². The third-order valence-corrected chi connectivity index (χ3v) is 5.73. The van der Waals surface area contributed by atoms with Crippen LogP contribution in [0.4, 0.5) is 0 Å². The van der Waals surface area contributed by atoms with E-state index in [0.29, 0.717) is 6.54 Å². The number of allylic oxidation sites excluding steroid dienone is 11. The molecule has 180 valence electrons. The molecule has 0 radical (unpaired) electrons. The van der Waals surface area contributed by atoms with Crippen LogP contribution in [0.25, 0.3) is 0 Å². The van der Waals surface area contributed by atoms with Crippen LogP contribution in [0, 0.1) is 4.91 Å². The Balaban J connectivity index is 4.11. The summed E-state index contributed by atoms with van der Waals surface area (Å²) in [6.45, 7) is 15.7. The van der Waals surface area contributed by atoms with E-state index in [0.717, 1.165) is 51.4 Å². The van der Waals surface area contributed by atoms with Gasteiger partial charge in [-0.15, -0.1) is 0 Å². The van der Waals surface area contributed by atoms with Gasteiger partial charge in [0.2, 0.25) is 0 Å². The first-order valence-corrected chi connectivity index (χ1v) is 12.4. The molecule has 0 rings (SSSR count). The zero-order chi connectivity index (χ0) is 24.2. The Morgan fingerprint density at radius 2 is 0.750 bits per heavy atom. The second kappa shape index (κ2) is 19.7. The van der Waals surface area contributed by atoms with Crippen LogP contribution in [0.2, 0.25) is 0 Å². The summed E-state index contributed by atoms with van der Waals surface area (Å²) < 4.78 is 0. The Hall–Kier alpha value is -1.96. The van der Waals surface area contributed by atoms with Gasteiger partial charge in [-0.25, -0.2) is 0 Å². The quantitative estimate of drug-likeness (QED) is 0.164. The minimum absolute atomic E-state index is 0.293. The first kappa shape index (κ1) is 30.0. The lowest BCUT2D eigenvalue weighted by atomic mass is 10.0. The molecule has 0 atom stereocenters. The van der Waals surface area contributed by atoms with Gasteiger partial charge in [0.1, 0.15) is 0 Å². The Labute approximate surface area is 199 Å². The van der Waals surface area contributed by atoms with Gasteiger partial charge in [0.15, 0.2) is 0 Å². The van der Waals surface area contributed by atoms with Crippen molar-refractivity contribution in [2.75, 3.05) is 6.54 Å². The first-order chi connectivity index (χ1) is 15.2. The van der Waals surface area contributed by atoms with Gasteiger partial charge in [-0.1, -0.05) is 75.1 Å². The fraction of sp³-hybridized carbons (Fsp3) is 0.600. The van der Waals surface area contributed by atoms with Crippen molar-refractivity contribution < 1.29 is 0 Å². The molecule has 0 unspecified atom stereocenters. The Morgan fingerprint density at radius 3 is 1.03 bits per heavy atom. The number of hydrogen-bond acceptors (Lipinski definition) is 2. The van der Waals surface area contributed by atoms with Gasteiger partial charge in [-0.2, -0.15) is 4.91 Å². The molecule has 0 fully saturated rings. The van der Waals surface area contributed by atoms with Crippen molar-refractivity contribution in [3.63, 3.8) is 0 Å². The third-order valence-electron chi connectivity index (χ3n) is 5.73. The highest BCUT2D eigenvalue weighted by Crippen LogP contribution is 2.15. The Bertz CT molecular complexity index is 709. The van der Waals surface area contributed by atoms with Crippen LogP contribution in [0.1, 0.15) is 113 Å². The predicted molar refractivity (Wildman–Crippen MR) is 145 cm³/mol. The van der Waals surface area contributed by atoms with Crippen LogP contribution in [-0.4, -0.2) is 6.54 Å². The van der Waals surface area contributed by atoms with E-state index < -0.39 is 0 Å². The molecule has 0 aliphatic rings. The van der Waals surface area contributed by atoms with Gasteiger partial charge < -0.3 is 0 Å². The van der Waals surface area contributed by atoms with E-state index in [2.05, 4.69) is 84.0 Å². The van der Waals surface area contributed by atoms with Crippen LogP contribution in [0.5, 0.6) is 0 Å². The van der Waals surface area contributed by atoms with Gasteiger partial charge in [0.05, 0.1) is 6.54 Å². The maximum atomic E-state index is 10.2. The SMILES string of the molecule is CC(C)=CCC/C(C)=C/CC/C(C)=C/CC/C(C)=C/CC/C(C)=C/CC/C(C)=C/CN=O. The smallest absolute Gasteiger partial charge is 0.0994 e. The molecule has 0 bridgehead atoms. The lowest BCUT2D eigenvalue weighted by Gasteiger charge is -2.03. The molecule has 0 aliphatic heterocycles. The summed E-state index contributed by atoms with van der Waals surface area (Å²) in [5.74, 6) is 0. The summed E-state index contributed by atoms with van der Waals surface area (Å²) in [4.78, 5) is 10.2. The Kier molecular flexibility index (Phi) is 18.5. The van der Waals surface area contributed by atoms with Gasteiger partial charge in [0, 0.05) is 0 Å². The molecule has 0 spiro atoms. The second-order valence-electron chi connectivity index (χ2n) is 9.54. The van der Waals surface area contributed by atoms with Crippen molar-refractivity contribution in [3.05, 3.63) is 74.8 Å². The summed E-state index contributed by atoms with van der Waals surface area (Å²) in [5, 5.41) is 2.88. The zero-order valence-electron chi connectivity index (χ0n) is 22.1. The van der Waals surface area contributed by atoms with Crippen LogP contribution >= 0.6 is 0 Å². The molecule has 2 nitrogen and oxygen atoms in total. The lowest BCUT2D eigenvalue weighted by Crippen LogP contribution is -1.83. The number of nitroso groups, excluding NO2 is 1. The van der Waals surface area contributed by atoms with Crippen molar-refractivity contribution in [2.24, 2.45) is 5.18 Å². The normalized spacial score (nSPS) is 14.0. The maximum absolute atomic E-state index is 10.2. The van der Waals surface area contributed by atoms with Gasteiger partial charge in [-0.05, 0) is 113 Å².